The van der Waals surface area contributed by atoms with Gasteiger partial charge in [0.05, 0.1) is 25.0 Å². The Morgan fingerprint density at radius 3 is 2.79 bits per heavy atom. The molecule has 0 aliphatic carbocycles. The third-order valence-electron chi connectivity index (χ3n) is 2.38. The zero-order valence-electron chi connectivity index (χ0n) is 11.1. The summed E-state index contributed by atoms with van der Waals surface area (Å²) in [5.74, 6) is -1.11. The Bertz CT molecular complexity index is 455. The molecule has 0 saturated carbocycles. The van der Waals surface area contributed by atoms with Crippen molar-refractivity contribution in [2.24, 2.45) is 0 Å². The average Bonchev–Trinajstić information content (AvgIpc) is 2.72. The van der Waals surface area contributed by atoms with Crippen LogP contribution in [0.5, 0.6) is 0 Å². The van der Waals surface area contributed by atoms with E-state index >= 15 is 0 Å². The van der Waals surface area contributed by atoms with Gasteiger partial charge in [-0.1, -0.05) is 0 Å². The molecule has 1 heterocycles. The number of nitrogens with zero attached hydrogens (tertiary/aromatic N) is 2. The van der Waals surface area contributed by atoms with Gasteiger partial charge in [0.15, 0.2) is 0 Å². The third-order valence-corrected chi connectivity index (χ3v) is 2.38. The van der Waals surface area contributed by atoms with E-state index in [0.717, 1.165) is 0 Å². The Morgan fingerprint density at radius 2 is 2.21 bits per heavy atom. The summed E-state index contributed by atoms with van der Waals surface area (Å²) in [5, 5.41) is 17.8. The molecule has 0 aromatic carbocycles. The molecule has 0 fully saturated rings. The predicted octanol–water partition coefficient (Wildman–Crippen LogP) is 0.514. The fourth-order valence-corrected chi connectivity index (χ4v) is 1.23. The van der Waals surface area contributed by atoms with Crippen LogP contribution in [0, 0.1) is 0 Å². The highest BCUT2D eigenvalue weighted by molar-refractivity contribution is 5.93. The molecule has 106 valence electrons. The van der Waals surface area contributed by atoms with Crippen LogP contribution in [0.25, 0.3) is 0 Å². The fraction of sp³-hybridized carbons (Fsp3) is 0.545. The molecule has 2 amide bonds. The highest BCUT2D eigenvalue weighted by Gasteiger charge is 2.28. The van der Waals surface area contributed by atoms with E-state index in [-0.39, 0.29) is 0 Å². The fourth-order valence-electron chi connectivity index (χ4n) is 1.23. The van der Waals surface area contributed by atoms with Crippen LogP contribution in [0.4, 0.5) is 10.5 Å². The molecule has 0 aliphatic rings. The molecule has 8 nitrogen and oxygen atoms in total. The highest BCUT2D eigenvalue weighted by Crippen LogP contribution is 2.06. The first-order valence-corrected chi connectivity index (χ1v) is 5.69. The maximum absolute atomic E-state index is 11.6. The van der Waals surface area contributed by atoms with E-state index < -0.39 is 17.5 Å². The molecular formula is C11H18N4O4. The zero-order valence-corrected chi connectivity index (χ0v) is 11.1. The molecule has 0 unspecified atom stereocenters. The van der Waals surface area contributed by atoms with Gasteiger partial charge < -0.3 is 20.5 Å². The maximum Gasteiger partial charge on any atom is 0.328 e. The number of aliphatic carboxylic acids is 1. The molecule has 8 heteroatoms. The Morgan fingerprint density at radius 1 is 1.53 bits per heavy atom. The topological polar surface area (TPSA) is 105 Å². The number of hydrogen-bond donors (Lipinski definition) is 3. The number of carbonyl (C=O) groups excluding carboxylic acids is 1. The van der Waals surface area contributed by atoms with Crippen LogP contribution in [0.2, 0.25) is 0 Å². The molecule has 1 aromatic rings. The summed E-state index contributed by atoms with van der Waals surface area (Å²) >= 11 is 0. The summed E-state index contributed by atoms with van der Waals surface area (Å²) in [7, 11) is 1.59. The number of amides is 2. The predicted molar refractivity (Wildman–Crippen MR) is 68.0 cm³/mol. The number of anilines is 1. The second-order valence-corrected chi connectivity index (χ2v) is 4.49. The summed E-state index contributed by atoms with van der Waals surface area (Å²) in [6.07, 6.45) is 3.11. The van der Waals surface area contributed by atoms with Gasteiger partial charge in [-0.3, -0.25) is 4.68 Å². The van der Waals surface area contributed by atoms with Gasteiger partial charge in [0.1, 0.15) is 5.54 Å². The first kappa shape index (κ1) is 15.0. The van der Waals surface area contributed by atoms with Gasteiger partial charge in [-0.05, 0) is 13.8 Å². The van der Waals surface area contributed by atoms with E-state index in [1.807, 2.05) is 0 Å². The number of ether oxygens (including phenoxy) is 1. The number of carboxylic acids is 1. The SMILES string of the molecule is COCCn1cc(NC(=O)NC(C)(C)C(=O)O)cn1. The van der Waals surface area contributed by atoms with Crippen LogP contribution in [-0.2, 0) is 16.1 Å². The molecule has 0 radical (unpaired) electrons. The van der Waals surface area contributed by atoms with E-state index in [9.17, 15) is 9.59 Å². The number of carbonyl (C=O) groups is 2. The molecule has 0 spiro atoms. The van der Waals surface area contributed by atoms with Crippen molar-refractivity contribution >= 4 is 17.7 Å². The first-order valence-electron chi connectivity index (χ1n) is 5.69. The number of hydrogen-bond acceptors (Lipinski definition) is 4. The smallest absolute Gasteiger partial charge is 0.328 e. The number of nitrogens with one attached hydrogen (secondary N) is 2. The van der Waals surface area contributed by atoms with Crippen molar-refractivity contribution in [3.8, 4) is 0 Å². The van der Waals surface area contributed by atoms with Gasteiger partial charge in [0.2, 0.25) is 0 Å². The molecule has 0 atom stereocenters. The third kappa shape index (κ3) is 4.59. The van der Waals surface area contributed by atoms with E-state index in [4.69, 9.17) is 9.84 Å². The van der Waals surface area contributed by atoms with Crippen LogP contribution in [0.1, 0.15) is 13.8 Å². The van der Waals surface area contributed by atoms with E-state index in [2.05, 4.69) is 15.7 Å². The molecule has 19 heavy (non-hydrogen) atoms. The molecule has 0 aliphatic heterocycles. The van der Waals surface area contributed by atoms with Crippen LogP contribution < -0.4 is 10.6 Å². The Kier molecular flexibility index (Phi) is 4.87. The molecule has 0 saturated heterocycles. The average molecular weight is 270 g/mol. The molecule has 1 rings (SSSR count). The van der Waals surface area contributed by atoms with Crippen molar-refractivity contribution in [1.29, 1.82) is 0 Å². The Hall–Kier alpha value is -2.09. The minimum Gasteiger partial charge on any atom is -0.480 e. The number of urea groups is 1. The normalized spacial score (nSPS) is 11.1. The highest BCUT2D eigenvalue weighted by atomic mass is 16.5. The lowest BCUT2D eigenvalue weighted by Gasteiger charge is -2.20. The second-order valence-electron chi connectivity index (χ2n) is 4.49. The summed E-state index contributed by atoms with van der Waals surface area (Å²) in [6, 6.07) is -0.598. The lowest BCUT2D eigenvalue weighted by molar-refractivity contribution is -0.142. The standard InChI is InChI=1S/C11H18N4O4/c1-11(2,9(16)17)14-10(18)13-8-6-12-15(7-8)4-5-19-3/h6-7H,4-5H2,1-3H3,(H,16,17)(H2,13,14,18). The molecule has 1 aromatic heterocycles. The van der Waals surface area contributed by atoms with Crippen LogP contribution in [-0.4, -0.2) is 46.1 Å². The van der Waals surface area contributed by atoms with Gasteiger partial charge >= 0.3 is 12.0 Å². The molecule has 3 N–H and O–H groups in total. The van der Waals surface area contributed by atoms with Crippen LogP contribution >= 0.6 is 0 Å². The van der Waals surface area contributed by atoms with Crippen molar-refractivity contribution in [2.45, 2.75) is 25.9 Å². The summed E-state index contributed by atoms with van der Waals surface area (Å²) in [4.78, 5) is 22.5. The molecular weight excluding hydrogens is 252 g/mol. The largest absolute Gasteiger partial charge is 0.480 e. The minimum atomic E-state index is -1.34. The minimum absolute atomic E-state index is 0.481. The van der Waals surface area contributed by atoms with Crippen molar-refractivity contribution < 1.29 is 19.4 Å². The maximum atomic E-state index is 11.6. The number of methoxy groups -OCH3 is 1. The van der Waals surface area contributed by atoms with Crippen molar-refractivity contribution in [1.82, 2.24) is 15.1 Å². The lowest BCUT2D eigenvalue weighted by Crippen LogP contribution is -2.51. The van der Waals surface area contributed by atoms with Crippen molar-refractivity contribution in [3.63, 3.8) is 0 Å². The number of aromatic nitrogens is 2. The number of rotatable bonds is 6. The van der Waals surface area contributed by atoms with Crippen molar-refractivity contribution in [2.75, 3.05) is 19.0 Å². The zero-order chi connectivity index (χ0) is 14.5. The number of carboxylic acid groups (broad SMARTS) is 1. The monoisotopic (exact) mass is 270 g/mol. The van der Waals surface area contributed by atoms with E-state index in [1.165, 1.54) is 20.0 Å². The Balaban J connectivity index is 2.53. The van der Waals surface area contributed by atoms with Gasteiger partial charge in [-0.15, -0.1) is 0 Å². The Labute approximate surface area is 110 Å². The quantitative estimate of drug-likeness (QED) is 0.698. The summed E-state index contributed by atoms with van der Waals surface area (Å²) in [5.41, 5.74) is -0.856. The van der Waals surface area contributed by atoms with Crippen LogP contribution in [0.3, 0.4) is 0 Å². The van der Waals surface area contributed by atoms with Gasteiger partial charge in [-0.25, -0.2) is 9.59 Å². The second kappa shape index (κ2) is 6.19. The summed E-state index contributed by atoms with van der Waals surface area (Å²) < 4.78 is 6.52. The van der Waals surface area contributed by atoms with Crippen molar-refractivity contribution in [3.05, 3.63) is 12.4 Å². The summed E-state index contributed by atoms with van der Waals surface area (Å²) in [6.45, 7) is 3.88. The van der Waals surface area contributed by atoms with Gasteiger partial charge in [-0.2, -0.15) is 5.10 Å². The van der Waals surface area contributed by atoms with E-state index in [1.54, 1.807) is 18.0 Å². The van der Waals surface area contributed by atoms with Crippen LogP contribution in [0.15, 0.2) is 12.4 Å². The lowest BCUT2D eigenvalue weighted by atomic mass is 10.1. The molecule has 0 bridgehead atoms. The van der Waals surface area contributed by atoms with Gasteiger partial charge in [0, 0.05) is 13.3 Å². The van der Waals surface area contributed by atoms with Gasteiger partial charge in [0.25, 0.3) is 0 Å². The van der Waals surface area contributed by atoms with E-state index in [0.29, 0.717) is 18.8 Å². The first-order chi connectivity index (χ1) is 8.85.